The molecule has 106 valence electrons. The van der Waals surface area contributed by atoms with Gasteiger partial charge in [-0.2, -0.15) is 0 Å². The minimum Gasteiger partial charge on any atom is -0.487 e. The molecule has 0 unspecified atom stereocenters. The van der Waals surface area contributed by atoms with E-state index in [2.05, 4.69) is 10.3 Å². The molecule has 0 bridgehead atoms. The van der Waals surface area contributed by atoms with E-state index in [4.69, 9.17) is 4.74 Å². The van der Waals surface area contributed by atoms with E-state index in [1.54, 1.807) is 23.7 Å². The van der Waals surface area contributed by atoms with E-state index in [1.165, 1.54) is 11.3 Å². The Morgan fingerprint density at radius 1 is 1.50 bits per heavy atom. The molecule has 2 aromatic rings. The predicted octanol–water partition coefficient (Wildman–Crippen LogP) is 3.45. The minimum atomic E-state index is -0.422. The second-order valence-corrected chi connectivity index (χ2v) is 4.81. The molecular formula is C13H15N3O3S. The van der Waals surface area contributed by atoms with Gasteiger partial charge in [-0.3, -0.25) is 10.1 Å². The topological polar surface area (TPSA) is 77.3 Å². The van der Waals surface area contributed by atoms with Crippen molar-refractivity contribution in [2.45, 2.75) is 19.9 Å². The number of hydrogen-bond donors (Lipinski definition) is 1. The number of rotatable bonds is 7. The van der Waals surface area contributed by atoms with Crippen molar-refractivity contribution in [2.24, 2.45) is 0 Å². The molecule has 0 aliphatic carbocycles. The normalized spacial score (nSPS) is 10.2. The third kappa shape index (κ3) is 3.45. The standard InChI is InChI=1S/C13H15N3O3S/c1-2-6-19-12-5-3-4-11(13(12)16(17)18)14-7-10-8-20-9-15-10/h3-5,8-9,14H,2,6-7H2,1H3. The third-order valence-electron chi connectivity index (χ3n) is 2.59. The fourth-order valence-corrected chi connectivity index (χ4v) is 2.25. The van der Waals surface area contributed by atoms with Gasteiger partial charge in [-0.1, -0.05) is 13.0 Å². The Hall–Kier alpha value is -2.15. The van der Waals surface area contributed by atoms with Crippen molar-refractivity contribution < 1.29 is 9.66 Å². The molecule has 0 atom stereocenters. The van der Waals surface area contributed by atoms with Gasteiger partial charge in [0, 0.05) is 5.38 Å². The number of nitro benzene ring substituents is 1. The molecule has 0 amide bonds. The van der Waals surface area contributed by atoms with E-state index in [0.717, 1.165) is 12.1 Å². The van der Waals surface area contributed by atoms with Crippen LogP contribution in [0.4, 0.5) is 11.4 Å². The lowest BCUT2D eigenvalue weighted by Gasteiger charge is -2.10. The summed E-state index contributed by atoms with van der Waals surface area (Å²) in [5.41, 5.74) is 2.99. The smallest absolute Gasteiger partial charge is 0.333 e. The van der Waals surface area contributed by atoms with Crippen LogP contribution >= 0.6 is 11.3 Å². The summed E-state index contributed by atoms with van der Waals surface area (Å²) in [7, 11) is 0. The summed E-state index contributed by atoms with van der Waals surface area (Å²) < 4.78 is 5.43. The first-order valence-corrected chi connectivity index (χ1v) is 7.17. The highest BCUT2D eigenvalue weighted by molar-refractivity contribution is 7.07. The van der Waals surface area contributed by atoms with Gasteiger partial charge in [0.25, 0.3) is 0 Å². The van der Waals surface area contributed by atoms with Crippen LogP contribution in [0.1, 0.15) is 19.0 Å². The molecule has 0 aliphatic heterocycles. The molecule has 2 rings (SSSR count). The summed E-state index contributed by atoms with van der Waals surface area (Å²) in [6.07, 6.45) is 0.799. The molecule has 0 aliphatic rings. The molecule has 20 heavy (non-hydrogen) atoms. The van der Waals surface area contributed by atoms with Gasteiger partial charge in [-0.15, -0.1) is 11.3 Å². The van der Waals surface area contributed by atoms with Crippen molar-refractivity contribution in [3.8, 4) is 5.75 Å². The highest BCUT2D eigenvalue weighted by Gasteiger charge is 2.20. The van der Waals surface area contributed by atoms with Gasteiger partial charge in [-0.05, 0) is 18.6 Å². The first kappa shape index (κ1) is 14.3. The van der Waals surface area contributed by atoms with Crippen LogP contribution in [0.3, 0.4) is 0 Å². The minimum absolute atomic E-state index is 0.0313. The summed E-state index contributed by atoms with van der Waals surface area (Å²) in [4.78, 5) is 14.9. The molecule has 1 aromatic carbocycles. The number of anilines is 1. The Balaban J connectivity index is 2.20. The lowest BCUT2D eigenvalue weighted by molar-refractivity contribution is -0.385. The second kappa shape index (κ2) is 6.85. The van der Waals surface area contributed by atoms with Crippen LogP contribution in [0.2, 0.25) is 0 Å². The third-order valence-corrected chi connectivity index (χ3v) is 3.22. The number of aromatic nitrogens is 1. The maximum absolute atomic E-state index is 11.2. The van der Waals surface area contributed by atoms with Crippen molar-refractivity contribution in [1.29, 1.82) is 0 Å². The fourth-order valence-electron chi connectivity index (χ4n) is 1.69. The van der Waals surface area contributed by atoms with E-state index in [-0.39, 0.29) is 5.69 Å². The Morgan fingerprint density at radius 3 is 3.00 bits per heavy atom. The van der Waals surface area contributed by atoms with Gasteiger partial charge in [0.2, 0.25) is 0 Å². The van der Waals surface area contributed by atoms with E-state index < -0.39 is 4.92 Å². The summed E-state index contributed by atoms with van der Waals surface area (Å²) in [5.74, 6) is 0.292. The van der Waals surface area contributed by atoms with Gasteiger partial charge in [0.15, 0.2) is 5.75 Å². The van der Waals surface area contributed by atoms with E-state index >= 15 is 0 Å². The summed E-state index contributed by atoms with van der Waals surface area (Å²) >= 11 is 1.49. The number of nitro groups is 1. The van der Waals surface area contributed by atoms with Gasteiger partial charge >= 0.3 is 5.69 Å². The molecular weight excluding hydrogens is 278 g/mol. The average molecular weight is 293 g/mol. The number of para-hydroxylation sites is 1. The Morgan fingerprint density at radius 2 is 2.35 bits per heavy atom. The number of nitrogens with zero attached hydrogens (tertiary/aromatic N) is 2. The second-order valence-electron chi connectivity index (χ2n) is 4.09. The van der Waals surface area contributed by atoms with Crippen LogP contribution in [0.15, 0.2) is 29.1 Å². The van der Waals surface area contributed by atoms with Crippen LogP contribution in [0.5, 0.6) is 5.75 Å². The average Bonchev–Trinajstić information content (AvgIpc) is 2.95. The highest BCUT2D eigenvalue weighted by atomic mass is 32.1. The molecule has 6 nitrogen and oxygen atoms in total. The maximum Gasteiger partial charge on any atom is 0.333 e. The molecule has 0 fully saturated rings. The molecule has 1 N–H and O–H groups in total. The van der Waals surface area contributed by atoms with E-state index in [1.807, 2.05) is 12.3 Å². The zero-order chi connectivity index (χ0) is 14.4. The summed E-state index contributed by atoms with van der Waals surface area (Å²) in [5, 5.41) is 16.2. The van der Waals surface area contributed by atoms with Crippen LogP contribution in [0, 0.1) is 10.1 Å². The van der Waals surface area contributed by atoms with Crippen LogP contribution in [0.25, 0.3) is 0 Å². The lowest BCUT2D eigenvalue weighted by atomic mass is 10.2. The molecule has 0 saturated heterocycles. The van der Waals surface area contributed by atoms with Crippen LogP contribution in [-0.2, 0) is 6.54 Å². The Labute approximate surface area is 120 Å². The SMILES string of the molecule is CCCOc1cccc(NCc2cscn2)c1[N+](=O)[O-]. The maximum atomic E-state index is 11.2. The first-order chi connectivity index (χ1) is 9.72. The predicted molar refractivity (Wildman–Crippen MR) is 78.3 cm³/mol. The summed E-state index contributed by atoms with van der Waals surface area (Å²) in [6, 6.07) is 5.02. The quantitative estimate of drug-likeness (QED) is 0.625. The number of ether oxygens (including phenoxy) is 1. The number of benzene rings is 1. The van der Waals surface area contributed by atoms with Crippen molar-refractivity contribution in [2.75, 3.05) is 11.9 Å². The number of thiazole rings is 1. The zero-order valence-electron chi connectivity index (χ0n) is 11.0. The molecule has 1 heterocycles. The Bertz CT molecular complexity index is 572. The summed E-state index contributed by atoms with van der Waals surface area (Å²) in [6.45, 7) is 2.86. The number of hydrogen-bond acceptors (Lipinski definition) is 6. The van der Waals surface area contributed by atoms with Gasteiger partial charge in [-0.25, -0.2) is 4.98 Å². The van der Waals surface area contributed by atoms with Crippen LogP contribution in [-0.4, -0.2) is 16.5 Å². The monoisotopic (exact) mass is 293 g/mol. The van der Waals surface area contributed by atoms with Crippen molar-refractivity contribution >= 4 is 22.7 Å². The molecule has 0 saturated carbocycles. The lowest BCUT2D eigenvalue weighted by Crippen LogP contribution is -2.05. The number of nitrogens with one attached hydrogen (secondary N) is 1. The first-order valence-electron chi connectivity index (χ1n) is 6.23. The van der Waals surface area contributed by atoms with Gasteiger partial charge in [0.1, 0.15) is 5.69 Å². The van der Waals surface area contributed by atoms with Crippen LogP contribution < -0.4 is 10.1 Å². The van der Waals surface area contributed by atoms with Crippen molar-refractivity contribution in [3.63, 3.8) is 0 Å². The van der Waals surface area contributed by atoms with Crippen molar-refractivity contribution in [1.82, 2.24) is 4.98 Å². The molecule has 7 heteroatoms. The van der Waals surface area contributed by atoms with Gasteiger partial charge < -0.3 is 10.1 Å². The Kier molecular flexibility index (Phi) is 4.89. The zero-order valence-corrected chi connectivity index (χ0v) is 11.9. The highest BCUT2D eigenvalue weighted by Crippen LogP contribution is 2.35. The van der Waals surface area contributed by atoms with E-state index in [9.17, 15) is 10.1 Å². The van der Waals surface area contributed by atoms with Gasteiger partial charge in [0.05, 0.1) is 29.3 Å². The fraction of sp³-hybridized carbons (Fsp3) is 0.308. The van der Waals surface area contributed by atoms with E-state index in [0.29, 0.717) is 24.6 Å². The largest absolute Gasteiger partial charge is 0.487 e. The molecule has 0 radical (unpaired) electrons. The van der Waals surface area contributed by atoms with Crippen molar-refractivity contribution in [3.05, 3.63) is 44.9 Å². The molecule has 0 spiro atoms. The molecule has 1 aromatic heterocycles.